The van der Waals surface area contributed by atoms with Gasteiger partial charge in [0.2, 0.25) is 17.7 Å². The Labute approximate surface area is 151 Å². The maximum atomic E-state index is 13.7. The monoisotopic (exact) mass is 349 g/mol. The molecule has 4 rings (SSSR count). The number of rotatable bonds is 2. The predicted octanol–water partition coefficient (Wildman–Crippen LogP) is 2.70. The molecular formula is C19H19N5O2. The molecule has 2 aliphatic rings. The number of carbonyl (C=O) groups is 1. The number of nitriles is 1. The third-order valence-electron chi connectivity index (χ3n) is 5.28. The van der Waals surface area contributed by atoms with E-state index >= 15 is 0 Å². The normalized spacial score (nSPS) is 23.8. The van der Waals surface area contributed by atoms with Crippen molar-refractivity contribution in [1.82, 2.24) is 10.2 Å². The zero-order valence-corrected chi connectivity index (χ0v) is 14.8. The maximum absolute atomic E-state index is 13.7. The standard InChI is InChI=1S/C19H19N5O2/c1-4-24-13-8-6-5-7-11(13)19(18(24)25)12(9-20)16(21)26-17-14(19)15(10(2)3)22-23-17/h5-8,10,12,21H,4H2,1-3H3,(H,22,23). The van der Waals surface area contributed by atoms with Gasteiger partial charge >= 0.3 is 0 Å². The summed E-state index contributed by atoms with van der Waals surface area (Å²) in [5.41, 5.74) is 1.55. The van der Waals surface area contributed by atoms with Crippen LogP contribution in [0.5, 0.6) is 5.88 Å². The fourth-order valence-corrected chi connectivity index (χ4v) is 4.18. The molecule has 3 heterocycles. The fraction of sp³-hybridized carbons (Fsp3) is 0.368. The number of fused-ring (bicyclic) bond motifs is 4. The predicted molar refractivity (Wildman–Crippen MR) is 95.4 cm³/mol. The lowest BCUT2D eigenvalue weighted by Crippen LogP contribution is -2.52. The molecule has 1 aromatic heterocycles. The molecule has 1 spiro atoms. The molecule has 2 unspecified atom stereocenters. The molecule has 0 fully saturated rings. The molecule has 26 heavy (non-hydrogen) atoms. The Bertz CT molecular complexity index is 971. The van der Waals surface area contributed by atoms with Crippen molar-refractivity contribution in [3.05, 3.63) is 41.1 Å². The minimum Gasteiger partial charge on any atom is -0.422 e. The van der Waals surface area contributed by atoms with Gasteiger partial charge in [0.25, 0.3) is 0 Å². The van der Waals surface area contributed by atoms with Gasteiger partial charge in [0.05, 0.1) is 11.6 Å². The minimum absolute atomic E-state index is 0.0500. The fourth-order valence-electron chi connectivity index (χ4n) is 4.18. The lowest BCUT2D eigenvalue weighted by molar-refractivity contribution is -0.122. The number of carbonyl (C=O) groups excluding carboxylic acids is 1. The molecule has 2 aliphatic heterocycles. The average Bonchev–Trinajstić information content (AvgIpc) is 3.14. The summed E-state index contributed by atoms with van der Waals surface area (Å²) in [7, 11) is 0. The second-order valence-electron chi connectivity index (χ2n) is 6.88. The number of nitrogens with one attached hydrogen (secondary N) is 2. The van der Waals surface area contributed by atoms with Gasteiger partial charge in [0.15, 0.2) is 0 Å². The number of aromatic nitrogens is 2. The number of ether oxygens (including phenoxy) is 1. The highest BCUT2D eigenvalue weighted by Gasteiger charge is 2.63. The van der Waals surface area contributed by atoms with Gasteiger partial charge in [-0.1, -0.05) is 32.0 Å². The van der Waals surface area contributed by atoms with E-state index in [0.717, 1.165) is 16.9 Å². The lowest BCUT2D eigenvalue weighted by Gasteiger charge is -2.36. The van der Waals surface area contributed by atoms with Gasteiger partial charge in [-0.2, -0.15) is 5.26 Å². The molecule has 132 valence electrons. The molecule has 1 amide bonds. The van der Waals surface area contributed by atoms with Crippen LogP contribution in [0.3, 0.4) is 0 Å². The van der Waals surface area contributed by atoms with Gasteiger partial charge in [0.1, 0.15) is 11.3 Å². The van der Waals surface area contributed by atoms with E-state index in [2.05, 4.69) is 16.3 Å². The summed E-state index contributed by atoms with van der Waals surface area (Å²) >= 11 is 0. The van der Waals surface area contributed by atoms with Crippen molar-refractivity contribution in [2.24, 2.45) is 5.92 Å². The summed E-state index contributed by atoms with van der Waals surface area (Å²) in [4.78, 5) is 15.4. The SMILES string of the molecule is CCN1C(=O)C2(c3ccccc31)c1c(n[nH]c1C(C)C)OC(=N)C2C#N. The third kappa shape index (κ3) is 1.74. The lowest BCUT2D eigenvalue weighted by atomic mass is 9.64. The molecule has 0 aliphatic carbocycles. The first-order chi connectivity index (χ1) is 12.5. The van der Waals surface area contributed by atoms with Crippen LogP contribution in [0.25, 0.3) is 0 Å². The first-order valence-electron chi connectivity index (χ1n) is 8.64. The summed E-state index contributed by atoms with van der Waals surface area (Å²) < 4.78 is 5.53. The van der Waals surface area contributed by atoms with Crippen molar-refractivity contribution in [3.63, 3.8) is 0 Å². The number of para-hydroxylation sites is 1. The van der Waals surface area contributed by atoms with E-state index < -0.39 is 11.3 Å². The minimum atomic E-state index is -1.31. The van der Waals surface area contributed by atoms with Gasteiger partial charge in [-0.05, 0) is 24.5 Å². The number of likely N-dealkylation sites (N-methyl/N-ethyl adjacent to an activating group) is 1. The van der Waals surface area contributed by atoms with Crippen molar-refractivity contribution >= 4 is 17.5 Å². The number of nitrogens with zero attached hydrogens (tertiary/aromatic N) is 3. The average molecular weight is 349 g/mol. The highest BCUT2D eigenvalue weighted by Crippen LogP contribution is 2.56. The molecule has 7 heteroatoms. The molecule has 0 saturated carbocycles. The second-order valence-corrected chi connectivity index (χ2v) is 6.88. The van der Waals surface area contributed by atoms with E-state index in [-0.39, 0.29) is 23.6 Å². The summed E-state index contributed by atoms with van der Waals surface area (Å²) in [6.45, 7) is 6.37. The molecule has 0 bridgehead atoms. The summed E-state index contributed by atoms with van der Waals surface area (Å²) in [5.74, 6) is -1.23. The molecule has 7 nitrogen and oxygen atoms in total. The summed E-state index contributed by atoms with van der Waals surface area (Å²) in [6.07, 6.45) is 0. The van der Waals surface area contributed by atoms with E-state index in [0.29, 0.717) is 12.1 Å². The molecular weight excluding hydrogens is 330 g/mol. The Balaban J connectivity index is 2.15. The topological polar surface area (TPSA) is 106 Å². The van der Waals surface area contributed by atoms with Crippen molar-refractivity contribution in [2.75, 3.05) is 11.4 Å². The van der Waals surface area contributed by atoms with Crippen LogP contribution in [-0.4, -0.2) is 28.5 Å². The van der Waals surface area contributed by atoms with Crippen molar-refractivity contribution in [2.45, 2.75) is 32.1 Å². The Kier molecular flexibility index (Phi) is 3.41. The summed E-state index contributed by atoms with van der Waals surface area (Å²) in [6, 6.07) is 9.64. The molecule has 0 radical (unpaired) electrons. The zero-order valence-electron chi connectivity index (χ0n) is 14.8. The van der Waals surface area contributed by atoms with Crippen LogP contribution >= 0.6 is 0 Å². The van der Waals surface area contributed by atoms with E-state index in [1.807, 2.05) is 45.0 Å². The van der Waals surface area contributed by atoms with Crippen molar-refractivity contribution in [1.29, 1.82) is 10.7 Å². The van der Waals surface area contributed by atoms with Crippen LogP contribution in [-0.2, 0) is 10.2 Å². The number of H-pyrrole nitrogens is 1. The maximum Gasteiger partial charge on any atom is 0.244 e. The molecule has 2 N–H and O–H groups in total. The van der Waals surface area contributed by atoms with Crippen LogP contribution in [0.2, 0.25) is 0 Å². The van der Waals surface area contributed by atoms with Crippen LogP contribution in [0.15, 0.2) is 24.3 Å². The molecule has 2 atom stereocenters. The Hall–Kier alpha value is -3.14. The number of amides is 1. The first kappa shape index (κ1) is 16.3. The second kappa shape index (κ2) is 5.43. The smallest absolute Gasteiger partial charge is 0.244 e. The van der Waals surface area contributed by atoms with Crippen molar-refractivity contribution < 1.29 is 9.53 Å². The van der Waals surface area contributed by atoms with E-state index in [9.17, 15) is 10.1 Å². The van der Waals surface area contributed by atoms with Gasteiger partial charge < -0.3 is 9.64 Å². The van der Waals surface area contributed by atoms with E-state index in [1.165, 1.54) is 0 Å². The number of benzene rings is 1. The quantitative estimate of drug-likeness (QED) is 0.869. The Morgan fingerprint density at radius 3 is 2.85 bits per heavy atom. The van der Waals surface area contributed by atoms with E-state index in [4.69, 9.17) is 10.1 Å². The highest BCUT2D eigenvalue weighted by molar-refractivity contribution is 6.14. The van der Waals surface area contributed by atoms with Gasteiger partial charge in [0, 0.05) is 17.9 Å². The number of hydrogen-bond donors (Lipinski definition) is 2. The van der Waals surface area contributed by atoms with Crippen LogP contribution in [0, 0.1) is 22.7 Å². The molecule has 2 aromatic rings. The number of anilines is 1. The number of hydrogen-bond acceptors (Lipinski definition) is 5. The largest absolute Gasteiger partial charge is 0.422 e. The van der Waals surface area contributed by atoms with Crippen LogP contribution in [0.4, 0.5) is 5.69 Å². The first-order valence-corrected chi connectivity index (χ1v) is 8.64. The van der Waals surface area contributed by atoms with Gasteiger partial charge in [-0.15, -0.1) is 5.10 Å². The Morgan fingerprint density at radius 2 is 2.19 bits per heavy atom. The van der Waals surface area contributed by atoms with Gasteiger partial charge in [-0.3, -0.25) is 15.3 Å². The number of aromatic amines is 1. The van der Waals surface area contributed by atoms with Gasteiger partial charge in [-0.25, -0.2) is 0 Å². The van der Waals surface area contributed by atoms with Crippen LogP contribution < -0.4 is 9.64 Å². The van der Waals surface area contributed by atoms with E-state index in [1.54, 1.807) is 4.90 Å². The van der Waals surface area contributed by atoms with Crippen molar-refractivity contribution in [3.8, 4) is 11.9 Å². The Morgan fingerprint density at radius 1 is 1.46 bits per heavy atom. The van der Waals surface area contributed by atoms with Crippen LogP contribution in [0.1, 0.15) is 43.5 Å². The zero-order chi connectivity index (χ0) is 18.6. The third-order valence-corrected chi connectivity index (χ3v) is 5.28. The summed E-state index contributed by atoms with van der Waals surface area (Å²) in [5, 5.41) is 25.3. The molecule has 1 aromatic carbocycles. The molecule has 0 saturated heterocycles. The highest BCUT2D eigenvalue weighted by atomic mass is 16.5.